The molecule has 2 aromatic heterocycles. The van der Waals surface area contributed by atoms with E-state index in [2.05, 4.69) is 14.9 Å². The van der Waals surface area contributed by atoms with Crippen molar-refractivity contribution >= 4 is 21.8 Å². The summed E-state index contributed by atoms with van der Waals surface area (Å²) < 4.78 is 17.6. The number of nitrogens with zero attached hydrogens (tertiary/aromatic N) is 2. The van der Waals surface area contributed by atoms with Crippen LogP contribution >= 0.6 is 0 Å². The minimum Gasteiger partial charge on any atom is -0.493 e. The third kappa shape index (κ3) is 3.87. The molecule has 0 spiro atoms. The van der Waals surface area contributed by atoms with Crippen LogP contribution in [0.25, 0.3) is 21.8 Å². The molecule has 1 saturated heterocycles. The van der Waals surface area contributed by atoms with E-state index in [1.54, 1.807) is 13.3 Å². The predicted molar refractivity (Wildman–Crippen MR) is 112 cm³/mol. The summed E-state index contributed by atoms with van der Waals surface area (Å²) in [6.07, 6.45) is 5.49. The summed E-state index contributed by atoms with van der Waals surface area (Å²) in [6, 6.07) is 5.99. The van der Waals surface area contributed by atoms with Gasteiger partial charge in [0.2, 0.25) is 5.88 Å². The molecule has 0 atom stereocenters. The van der Waals surface area contributed by atoms with Gasteiger partial charge in [-0.3, -0.25) is 0 Å². The number of methoxy groups -OCH3 is 1. The second kappa shape index (κ2) is 8.27. The quantitative estimate of drug-likeness (QED) is 0.585. The van der Waals surface area contributed by atoms with Gasteiger partial charge in [-0.15, -0.1) is 0 Å². The molecule has 3 aromatic rings. The number of benzene rings is 1. The van der Waals surface area contributed by atoms with Gasteiger partial charge in [0.25, 0.3) is 0 Å². The Kier molecular flexibility index (Phi) is 5.57. The van der Waals surface area contributed by atoms with Gasteiger partial charge < -0.3 is 24.1 Å². The van der Waals surface area contributed by atoms with E-state index in [0.29, 0.717) is 12.5 Å². The van der Waals surface area contributed by atoms with Crippen LogP contribution in [0, 0.1) is 0 Å². The number of fused-ring (bicyclic) bond motifs is 3. The summed E-state index contributed by atoms with van der Waals surface area (Å²) in [5.41, 5.74) is 1.99. The van der Waals surface area contributed by atoms with Crippen molar-refractivity contribution in [3.8, 4) is 17.4 Å². The average Bonchev–Trinajstić information content (AvgIpc) is 3.31. The Morgan fingerprint density at radius 1 is 1.14 bits per heavy atom. The molecule has 1 aromatic carbocycles. The third-order valence-corrected chi connectivity index (χ3v) is 5.18. The van der Waals surface area contributed by atoms with Gasteiger partial charge in [-0.1, -0.05) is 0 Å². The van der Waals surface area contributed by atoms with Gasteiger partial charge in [0.15, 0.2) is 11.5 Å². The summed E-state index contributed by atoms with van der Waals surface area (Å²) in [5, 5.41) is 2.00. The van der Waals surface area contributed by atoms with Crippen molar-refractivity contribution in [3.05, 3.63) is 24.4 Å². The lowest BCUT2D eigenvalue weighted by Gasteiger charge is -2.15. The molecular weight excluding hydrogens is 354 g/mol. The van der Waals surface area contributed by atoms with Crippen LogP contribution in [0.2, 0.25) is 0 Å². The Hall–Kier alpha value is -2.47. The molecular formula is C22H29N3O3. The minimum absolute atomic E-state index is 0.0585. The van der Waals surface area contributed by atoms with Gasteiger partial charge in [-0.25, -0.2) is 4.98 Å². The smallest absolute Gasteiger partial charge is 0.223 e. The van der Waals surface area contributed by atoms with Crippen molar-refractivity contribution in [1.29, 1.82) is 0 Å². The summed E-state index contributed by atoms with van der Waals surface area (Å²) >= 11 is 0. The molecule has 1 aliphatic heterocycles. The first-order valence-electron chi connectivity index (χ1n) is 10.2. The molecule has 6 heteroatoms. The van der Waals surface area contributed by atoms with E-state index < -0.39 is 0 Å². The fraction of sp³-hybridized carbons (Fsp3) is 0.500. The second-order valence-electron chi connectivity index (χ2n) is 7.63. The molecule has 0 amide bonds. The zero-order valence-corrected chi connectivity index (χ0v) is 17.0. The summed E-state index contributed by atoms with van der Waals surface area (Å²) in [7, 11) is 1.68. The first kappa shape index (κ1) is 18.9. The molecule has 0 radical (unpaired) electrons. The highest BCUT2D eigenvalue weighted by atomic mass is 16.5. The number of ether oxygens (including phenoxy) is 3. The van der Waals surface area contributed by atoms with Gasteiger partial charge in [-0.05, 0) is 58.3 Å². The largest absolute Gasteiger partial charge is 0.493 e. The van der Waals surface area contributed by atoms with Crippen molar-refractivity contribution in [2.24, 2.45) is 0 Å². The maximum absolute atomic E-state index is 6.07. The lowest BCUT2D eigenvalue weighted by molar-refractivity contribution is 0.236. The van der Waals surface area contributed by atoms with Crippen LogP contribution in [-0.4, -0.2) is 54.3 Å². The number of pyridine rings is 1. The SMILES string of the molecule is COc1cc2c(cc1OCCCN1CCCC1)[nH]c1ccnc(OC(C)C)c12. The van der Waals surface area contributed by atoms with Crippen LogP contribution < -0.4 is 14.2 Å². The molecule has 0 aliphatic carbocycles. The molecule has 0 unspecified atom stereocenters. The lowest BCUT2D eigenvalue weighted by atomic mass is 10.1. The predicted octanol–water partition coefficient (Wildman–Crippen LogP) is 4.38. The van der Waals surface area contributed by atoms with E-state index >= 15 is 0 Å². The molecule has 0 bridgehead atoms. The second-order valence-corrected chi connectivity index (χ2v) is 7.63. The molecule has 28 heavy (non-hydrogen) atoms. The van der Waals surface area contributed by atoms with Gasteiger partial charge in [0.1, 0.15) is 0 Å². The Balaban J connectivity index is 1.58. The Labute approximate surface area is 165 Å². The van der Waals surface area contributed by atoms with Crippen molar-refractivity contribution in [2.45, 2.75) is 39.2 Å². The summed E-state index contributed by atoms with van der Waals surface area (Å²) in [6.45, 7) is 8.23. The molecule has 4 rings (SSSR count). The normalized spacial score (nSPS) is 15.0. The lowest BCUT2D eigenvalue weighted by Crippen LogP contribution is -2.21. The molecule has 3 heterocycles. The van der Waals surface area contributed by atoms with Gasteiger partial charge in [-0.2, -0.15) is 0 Å². The Morgan fingerprint density at radius 2 is 1.96 bits per heavy atom. The highest BCUT2D eigenvalue weighted by Gasteiger charge is 2.16. The van der Waals surface area contributed by atoms with Crippen LogP contribution in [0.3, 0.4) is 0 Å². The standard InChI is InChI=1S/C22H29N3O3/c1-15(2)28-22-21-16-13-19(26-3)20(14-18(16)24-17(21)7-8-23-22)27-12-6-11-25-9-4-5-10-25/h7-8,13-15,24H,4-6,9-12H2,1-3H3. The van der Waals surface area contributed by atoms with Crippen LogP contribution in [0.1, 0.15) is 33.1 Å². The first-order chi connectivity index (χ1) is 13.7. The van der Waals surface area contributed by atoms with Gasteiger partial charge in [0.05, 0.1) is 36.2 Å². The van der Waals surface area contributed by atoms with E-state index in [1.807, 2.05) is 32.0 Å². The van der Waals surface area contributed by atoms with E-state index in [4.69, 9.17) is 14.2 Å². The molecule has 0 saturated carbocycles. The average molecular weight is 383 g/mol. The van der Waals surface area contributed by atoms with E-state index in [9.17, 15) is 0 Å². The van der Waals surface area contributed by atoms with Crippen LogP contribution in [0.15, 0.2) is 24.4 Å². The zero-order chi connectivity index (χ0) is 19.5. The van der Waals surface area contributed by atoms with Gasteiger partial charge in [0, 0.05) is 24.2 Å². The van der Waals surface area contributed by atoms with Crippen LogP contribution in [0.5, 0.6) is 17.4 Å². The fourth-order valence-corrected chi connectivity index (χ4v) is 3.88. The monoisotopic (exact) mass is 383 g/mol. The molecule has 1 N–H and O–H groups in total. The van der Waals surface area contributed by atoms with Gasteiger partial charge >= 0.3 is 0 Å². The minimum atomic E-state index is 0.0585. The number of H-pyrrole nitrogens is 1. The van der Waals surface area contributed by atoms with E-state index in [0.717, 1.165) is 46.3 Å². The number of rotatable bonds is 8. The summed E-state index contributed by atoms with van der Waals surface area (Å²) in [4.78, 5) is 10.4. The third-order valence-electron chi connectivity index (χ3n) is 5.18. The number of aromatic nitrogens is 2. The van der Waals surface area contributed by atoms with Crippen molar-refractivity contribution < 1.29 is 14.2 Å². The highest BCUT2D eigenvalue weighted by Crippen LogP contribution is 2.38. The van der Waals surface area contributed by atoms with E-state index in [1.165, 1.54) is 25.9 Å². The Bertz CT molecular complexity index is 945. The topological polar surface area (TPSA) is 59.6 Å². The van der Waals surface area contributed by atoms with E-state index in [-0.39, 0.29) is 6.10 Å². The summed E-state index contributed by atoms with van der Waals surface area (Å²) in [5.74, 6) is 2.14. The highest BCUT2D eigenvalue weighted by molar-refractivity contribution is 6.10. The fourth-order valence-electron chi connectivity index (χ4n) is 3.88. The Morgan fingerprint density at radius 3 is 2.71 bits per heavy atom. The number of nitrogens with one attached hydrogen (secondary N) is 1. The number of hydrogen-bond donors (Lipinski definition) is 1. The maximum Gasteiger partial charge on any atom is 0.223 e. The molecule has 1 fully saturated rings. The number of aromatic amines is 1. The molecule has 1 aliphatic rings. The van der Waals surface area contributed by atoms with Crippen molar-refractivity contribution in [3.63, 3.8) is 0 Å². The van der Waals surface area contributed by atoms with Crippen molar-refractivity contribution in [2.75, 3.05) is 33.4 Å². The zero-order valence-electron chi connectivity index (χ0n) is 17.0. The van der Waals surface area contributed by atoms with Crippen molar-refractivity contribution in [1.82, 2.24) is 14.9 Å². The van der Waals surface area contributed by atoms with Crippen LogP contribution in [-0.2, 0) is 0 Å². The maximum atomic E-state index is 6.07. The van der Waals surface area contributed by atoms with Crippen LogP contribution in [0.4, 0.5) is 0 Å². The molecule has 6 nitrogen and oxygen atoms in total. The first-order valence-corrected chi connectivity index (χ1v) is 10.2. The number of likely N-dealkylation sites (tertiary alicyclic amines) is 1. The molecule has 150 valence electrons. The number of hydrogen-bond acceptors (Lipinski definition) is 5.